The van der Waals surface area contributed by atoms with Crippen LogP contribution in [0.4, 0.5) is 11.4 Å². The average molecular weight is 452 g/mol. The van der Waals surface area contributed by atoms with Crippen molar-refractivity contribution in [1.29, 1.82) is 0 Å². The molecule has 168 valence electrons. The lowest BCUT2D eigenvalue weighted by Crippen LogP contribution is -2.40. The molecular weight excluding hydrogens is 426 g/mol. The zero-order chi connectivity index (χ0) is 22.4. The summed E-state index contributed by atoms with van der Waals surface area (Å²) in [4.78, 5) is 10.7. The molecule has 0 aromatic heterocycles. The average Bonchev–Trinajstić information content (AvgIpc) is 2.76. The van der Waals surface area contributed by atoms with E-state index >= 15 is 0 Å². The van der Waals surface area contributed by atoms with Crippen LogP contribution in [0.2, 0.25) is 0 Å². The molecule has 10 nitrogen and oxygen atoms in total. The molecule has 1 heterocycles. The quantitative estimate of drug-likeness (QED) is 0.436. The molecule has 0 bridgehead atoms. The number of hydrogen-bond acceptors (Lipinski definition) is 8. The summed E-state index contributed by atoms with van der Waals surface area (Å²) < 4.78 is 37.4. The van der Waals surface area contributed by atoms with Crippen molar-refractivity contribution in [3.05, 3.63) is 58.1 Å². The SMILES string of the molecule is Cc1cccc(OCC(O)CNc2ccc(S(=O)(=O)N3CCOCC3)cc2[N+](=O)[O-])c1. The second-order valence-corrected chi connectivity index (χ2v) is 9.05. The van der Waals surface area contributed by atoms with Crippen molar-refractivity contribution in [2.75, 3.05) is 44.8 Å². The highest BCUT2D eigenvalue weighted by atomic mass is 32.2. The molecule has 0 aliphatic carbocycles. The number of nitro benzene ring substituents is 1. The van der Waals surface area contributed by atoms with Gasteiger partial charge in [-0.1, -0.05) is 12.1 Å². The fourth-order valence-corrected chi connectivity index (χ4v) is 4.52. The summed E-state index contributed by atoms with van der Waals surface area (Å²) in [6.45, 7) is 2.86. The van der Waals surface area contributed by atoms with Crippen LogP contribution in [0.25, 0.3) is 0 Å². The maximum atomic E-state index is 12.8. The van der Waals surface area contributed by atoms with Crippen molar-refractivity contribution >= 4 is 21.4 Å². The highest BCUT2D eigenvalue weighted by Gasteiger charge is 2.29. The third kappa shape index (κ3) is 5.91. The van der Waals surface area contributed by atoms with Gasteiger partial charge in [0.05, 0.1) is 23.0 Å². The number of nitrogens with one attached hydrogen (secondary N) is 1. The molecule has 0 amide bonds. The predicted octanol–water partition coefficient (Wildman–Crippen LogP) is 1.78. The van der Waals surface area contributed by atoms with Gasteiger partial charge < -0.3 is 19.9 Å². The van der Waals surface area contributed by atoms with Gasteiger partial charge in [-0.3, -0.25) is 10.1 Å². The minimum atomic E-state index is -3.86. The first kappa shape index (κ1) is 22.9. The molecule has 1 fully saturated rings. The molecule has 1 saturated heterocycles. The second kappa shape index (κ2) is 10.1. The molecule has 31 heavy (non-hydrogen) atoms. The predicted molar refractivity (Wildman–Crippen MR) is 114 cm³/mol. The van der Waals surface area contributed by atoms with Crippen molar-refractivity contribution in [2.24, 2.45) is 0 Å². The van der Waals surface area contributed by atoms with E-state index in [2.05, 4.69) is 5.32 Å². The molecule has 0 radical (unpaired) electrons. The van der Waals surface area contributed by atoms with E-state index in [-0.39, 0.29) is 55.7 Å². The van der Waals surface area contributed by atoms with E-state index in [1.807, 2.05) is 25.1 Å². The van der Waals surface area contributed by atoms with Crippen LogP contribution < -0.4 is 10.1 Å². The number of rotatable bonds is 9. The van der Waals surface area contributed by atoms with E-state index in [0.29, 0.717) is 5.75 Å². The Labute approximate surface area is 180 Å². The molecule has 1 aliphatic rings. The Kier molecular flexibility index (Phi) is 7.44. The number of hydrogen-bond donors (Lipinski definition) is 2. The monoisotopic (exact) mass is 451 g/mol. The van der Waals surface area contributed by atoms with Gasteiger partial charge in [0.1, 0.15) is 24.1 Å². The number of sulfonamides is 1. The lowest BCUT2D eigenvalue weighted by molar-refractivity contribution is -0.384. The largest absolute Gasteiger partial charge is 0.491 e. The standard InChI is InChI=1S/C20H25N3O7S/c1-15-3-2-4-17(11-15)30-14-16(24)13-21-19-6-5-18(12-20(19)23(25)26)31(27,28)22-7-9-29-10-8-22/h2-6,11-12,16,21,24H,7-10,13-14H2,1H3. The minimum Gasteiger partial charge on any atom is -0.491 e. The number of ether oxygens (including phenoxy) is 2. The van der Waals surface area contributed by atoms with Gasteiger partial charge in [0.2, 0.25) is 10.0 Å². The molecule has 0 saturated carbocycles. The first-order chi connectivity index (χ1) is 14.8. The molecule has 0 spiro atoms. The summed E-state index contributed by atoms with van der Waals surface area (Å²) in [7, 11) is -3.86. The Balaban J connectivity index is 1.66. The summed E-state index contributed by atoms with van der Waals surface area (Å²) >= 11 is 0. The fourth-order valence-electron chi connectivity index (χ4n) is 3.09. The van der Waals surface area contributed by atoms with Gasteiger partial charge in [0, 0.05) is 25.7 Å². The molecular formula is C20H25N3O7S. The molecule has 3 rings (SSSR count). The van der Waals surface area contributed by atoms with E-state index in [4.69, 9.17) is 9.47 Å². The van der Waals surface area contributed by atoms with Crippen LogP contribution in [0.15, 0.2) is 47.4 Å². The lowest BCUT2D eigenvalue weighted by atomic mass is 10.2. The van der Waals surface area contributed by atoms with Crippen LogP contribution in [0.5, 0.6) is 5.75 Å². The Bertz CT molecular complexity index is 1020. The first-order valence-electron chi connectivity index (χ1n) is 9.75. The molecule has 1 aliphatic heterocycles. The van der Waals surface area contributed by atoms with Crippen molar-refractivity contribution in [3.63, 3.8) is 0 Å². The van der Waals surface area contributed by atoms with Crippen LogP contribution in [-0.2, 0) is 14.8 Å². The van der Waals surface area contributed by atoms with Crippen LogP contribution >= 0.6 is 0 Å². The number of nitro groups is 1. The van der Waals surface area contributed by atoms with Crippen molar-refractivity contribution in [1.82, 2.24) is 4.31 Å². The van der Waals surface area contributed by atoms with Gasteiger partial charge in [0.15, 0.2) is 0 Å². The topological polar surface area (TPSA) is 131 Å². The summed E-state index contributed by atoms with van der Waals surface area (Å²) in [5, 5.41) is 24.5. The maximum Gasteiger partial charge on any atom is 0.293 e. The van der Waals surface area contributed by atoms with Crippen LogP contribution in [0.1, 0.15) is 5.56 Å². The maximum absolute atomic E-state index is 12.8. The minimum absolute atomic E-state index is 0.00621. The molecule has 2 aromatic rings. The Morgan fingerprint density at radius 2 is 2.00 bits per heavy atom. The summed E-state index contributed by atoms with van der Waals surface area (Å²) in [6, 6.07) is 11.0. The van der Waals surface area contributed by atoms with E-state index in [0.717, 1.165) is 11.6 Å². The molecule has 11 heteroatoms. The van der Waals surface area contributed by atoms with Crippen molar-refractivity contribution in [3.8, 4) is 5.75 Å². The number of benzene rings is 2. The zero-order valence-electron chi connectivity index (χ0n) is 17.1. The highest BCUT2D eigenvalue weighted by molar-refractivity contribution is 7.89. The van der Waals surface area contributed by atoms with Gasteiger partial charge in [-0.2, -0.15) is 4.31 Å². The fraction of sp³-hybridized carbons (Fsp3) is 0.400. The molecule has 2 aromatic carbocycles. The number of morpholine rings is 1. The molecule has 1 atom stereocenters. The van der Waals surface area contributed by atoms with E-state index < -0.39 is 21.1 Å². The van der Waals surface area contributed by atoms with Crippen LogP contribution in [0, 0.1) is 17.0 Å². The highest BCUT2D eigenvalue weighted by Crippen LogP contribution is 2.29. The lowest BCUT2D eigenvalue weighted by Gasteiger charge is -2.26. The molecule has 1 unspecified atom stereocenters. The van der Waals surface area contributed by atoms with Crippen molar-refractivity contribution in [2.45, 2.75) is 17.9 Å². The van der Waals surface area contributed by atoms with Crippen LogP contribution in [0.3, 0.4) is 0 Å². The zero-order valence-corrected chi connectivity index (χ0v) is 17.9. The first-order valence-corrected chi connectivity index (χ1v) is 11.2. The Morgan fingerprint density at radius 3 is 2.68 bits per heavy atom. The second-order valence-electron chi connectivity index (χ2n) is 7.11. The van der Waals surface area contributed by atoms with E-state index in [1.54, 1.807) is 6.07 Å². The van der Waals surface area contributed by atoms with Gasteiger partial charge in [-0.15, -0.1) is 0 Å². The van der Waals surface area contributed by atoms with E-state index in [1.165, 1.54) is 16.4 Å². The van der Waals surface area contributed by atoms with Gasteiger partial charge in [0.25, 0.3) is 5.69 Å². The molecule has 2 N–H and O–H groups in total. The van der Waals surface area contributed by atoms with Gasteiger partial charge in [-0.25, -0.2) is 8.42 Å². The number of aliphatic hydroxyl groups excluding tert-OH is 1. The third-order valence-electron chi connectivity index (χ3n) is 4.73. The Hall–Kier alpha value is -2.73. The Morgan fingerprint density at radius 1 is 1.26 bits per heavy atom. The van der Waals surface area contributed by atoms with E-state index in [9.17, 15) is 23.6 Å². The normalized spacial score (nSPS) is 15.9. The summed E-state index contributed by atoms with van der Waals surface area (Å²) in [5.41, 5.74) is 0.745. The number of aryl methyl sites for hydroxylation is 1. The summed E-state index contributed by atoms with van der Waals surface area (Å²) in [6.07, 6.45) is -0.933. The van der Waals surface area contributed by atoms with Gasteiger partial charge >= 0.3 is 0 Å². The number of aliphatic hydroxyl groups is 1. The number of nitrogens with zero attached hydrogens (tertiary/aromatic N) is 2. The number of anilines is 1. The van der Waals surface area contributed by atoms with Crippen molar-refractivity contribution < 1.29 is 27.9 Å². The van der Waals surface area contributed by atoms with Gasteiger partial charge in [-0.05, 0) is 36.8 Å². The third-order valence-corrected chi connectivity index (χ3v) is 6.63. The van der Waals surface area contributed by atoms with Crippen LogP contribution in [-0.4, -0.2) is 68.3 Å². The smallest absolute Gasteiger partial charge is 0.293 e. The summed E-state index contributed by atoms with van der Waals surface area (Å²) in [5.74, 6) is 0.614.